The van der Waals surface area contributed by atoms with E-state index in [-0.39, 0.29) is 5.41 Å². The lowest BCUT2D eigenvalue weighted by atomic mass is 9.81. The number of nitrogens with zero attached hydrogens (tertiary/aromatic N) is 1. The van der Waals surface area contributed by atoms with Crippen molar-refractivity contribution in [2.45, 2.75) is 19.3 Å². The van der Waals surface area contributed by atoms with Crippen LogP contribution in [0.5, 0.6) is 0 Å². The van der Waals surface area contributed by atoms with Crippen molar-refractivity contribution in [2.75, 3.05) is 4.90 Å². The predicted molar refractivity (Wildman–Crippen MR) is 240 cm³/mol. The van der Waals surface area contributed by atoms with Gasteiger partial charge in [0.25, 0.3) is 0 Å². The summed E-state index contributed by atoms with van der Waals surface area (Å²) in [6.07, 6.45) is 0. The minimum atomic E-state index is -0.0570. The van der Waals surface area contributed by atoms with Crippen LogP contribution in [0, 0.1) is 0 Å². The molecule has 2 nitrogen and oxygen atoms in total. The first-order chi connectivity index (χ1) is 28.0. The van der Waals surface area contributed by atoms with Crippen molar-refractivity contribution in [3.8, 4) is 44.5 Å². The third kappa shape index (κ3) is 5.33. The SMILES string of the molecule is CC1(C)c2ccccc2-c2ccc(-c3ccc(N(c4ccccc4-c4cccc(-c5cccc6ccccc56)c4)c4cccc5c4oc4ccccc45)cc3)cc21. The van der Waals surface area contributed by atoms with Crippen molar-refractivity contribution >= 4 is 49.8 Å². The van der Waals surface area contributed by atoms with Gasteiger partial charge in [-0.3, -0.25) is 0 Å². The molecule has 1 aromatic heterocycles. The second-order valence-corrected chi connectivity index (χ2v) is 15.7. The van der Waals surface area contributed by atoms with Gasteiger partial charge in [-0.25, -0.2) is 0 Å². The van der Waals surface area contributed by atoms with E-state index in [2.05, 4.69) is 213 Å². The van der Waals surface area contributed by atoms with Gasteiger partial charge < -0.3 is 9.32 Å². The van der Waals surface area contributed by atoms with Crippen LogP contribution in [0.4, 0.5) is 17.1 Å². The summed E-state index contributed by atoms with van der Waals surface area (Å²) in [5.74, 6) is 0. The zero-order chi connectivity index (χ0) is 38.1. The Bertz CT molecular complexity index is 3160. The molecule has 9 aromatic carbocycles. The van der Waals surface area contributed by atoms with Crippen LogP contribution in [0.15, 0.2) is 205 Å². The third-order valence-corrected chi connectivity index (χ3v) is 12.1. The molecule has 0 bridgehead atoms. The first-order valence-electron chi connectivity index (χ1n) is 19.8. The molecule has 11 rings (SSSR count). The average Bonchev–Trinajstić information content (AvgIpc) is 3.76. The molecule has 0 saturated heterocycles. The number of hydrogen-bond donors (Lipinski definition) is 0. The fourth-order valence-electron chi connectivity index (χ4n) is 9.25. The molecule has 1 heterocycles. The molecule has 1 aliphatic rings. The second kappa shape index (κ2) is 13.0. The number of fused-ring (bicyclic) bond motifs is 7. The second-order valence-electron chi connectivity index (χ2n) is 15.7. The lowest BCUT2D eigenvalue weighted by Gasteiger charge is -2.28. The number of furan rings is 1. The standard InChI is InChI=1S/C55H39NO/c1-55(2)49-24-8-5-20-45(49)46-33-30-38(35-50(46)55)36-28-31-41(32-29-36)56(52-26-13-23-48-47-21-7-10-27-53(47)57-54(48)52)51-25-9-6-19-44(51)40-17-11-16-39(34-40)43-22-12-15-37-14-3-4-18-42(37)43/h3-35H,1-2H3. The molecule has 0 atom stereocenters. The maximum Gasteiger partial charge on any atom is 0.159 e. The third-order valence-electron chi connectivity index (χ3n) is 12.1. The summed E-state index contributed by atoms with van der Waals surface area (Å²) in [6.45, 7) is 4.69. The molecule has 2 heteroatoms. The number of rotatable bonds is 6. The summed E-state index contributed by atoms with van der Waals surface area (Å²) in [4.78, 5) is 2.37. The molecule has 0 fully saturated rings. The van der Waals surface area contributed by atoms with Crippen LogP contribution in [0.2, 0.25) is 0 Å². The van der Waals surface area contributed by atoms with E-state index in [4.69, 9.17) is 4.42 Å². The van der Waals surface area contributed by atoms with Crippen molar-refractivity contribution in [3.63, 3.8) is 0 Å². The molecule has 0 aliphatic heterocycles. The molecule has 1 aliphatic carbocycles. The number of anilines is 3. The summed E-state index contributed by atoms with van der Waals surface area (Å²) >= 11 is 0. The predicted octanol–water partition coefficient (Wildman–Crippen LogP) is 15.5. The van der Waals surface area contributed by atoms with Gasteiger partial charge in [-0.15, -0.1) is 0 Å². The van der Waals surface area contributed by atoms with Gasteiger partial charge in [-0.05, 0) is 103 Å². The lowest BCUT2D eigenvalue weighted by molar-refractivity contribution is 0.660. The van der Waals surface area contributed by atoms with E-state index >= 15 is 0 Å². The van der Waals surface area contributed by atoms with E-state index < -0.39 is 0 Å². The van der Waals surface area contributed by atoms with Gasteiger partial charge in [0.2, 0.25) is 0 Å². The molecule has 0 radical (unpaired) electrons. The van der Waals surface area contributed by atoms with Gasteiger partial charge in [0, 0.05) is 27.4 Å². The summed E-state index contributed by atoms with van der Waals surface area (Å²) < 4.78 is 6.71. The zero-order valence-electron chi connectivity index (χ0n) is 31.9. The van der Waals surface area contributed by atoms with Crippen LogP contribution in [0.25, 0.3) is 77.2 Å². The normalized spacial score (nSPS) is 12.9. The van der Waals surface area contributed by atoms with Crippen LogP contribution < -0.4 is 4.90 Å². The first-order valence-corrected chi connectivity index (χ1v) is 19.8. The fraction of sp³-hybridized carbons (Fsp3) is 0.0545. The highest BCUT2D eigenvalue weighted by Crippen LogP contribution is 2.50. The van der Waals surface area contributed by atoms with Gasteiger partial charge in [-0.2, -0.15) is 0 Å². The van der Waals surface area contributed by atoms with Crippen molar-refractivity contribution in [2.24, 2.45) is 0 Å². The average molecular weight is 730 g/mol. The summed E-state index contributed by atoms with van der Waals surface area (Å²) in [6, 6.07) is 72.6. The van der Waals surface area contributed by atoms with E-state index in [1.807, 2.05) is 6.07 Å². The first kappa shape index (κ1) is 33.2. The molecule has 57 heavy (non-hydrogen) atoms. The fourth-order valence-corrected chi connectivity index (χ4v) is 9.25. The molecule has 0 N–H and O–H groups in total. The smallest absolute Gasteiger partial charge is 0.159 e. The molecule has 10 aromatic rings. The van der Waals surface area contributed by atoms with Gasteiger partial charge in [0.05, 0.1) is 11.4 Å². The molecular weight excluding hydrogens is 691 g/mol. The van der Waals surface area contributed by atoms with Crippen molar-refractivity contribution in [1.29, 1.82) is 0 Å². The Hall–Kier alpha value is -7.16. The van der Waals surface area contributed by atoms with Crippen molar-refractivity contribution in [3.05, 3.63) is 211 Å². The van der Waals surface area contributed by atoms with Crippen LogP contribution >= 0.6 is 0 Å². The van der Waals surface area contributed by atoms with E-state index in [9.17, 15) is 0 Å². The van der Waals surface area contributed by atoms with Gasteiger partial charge in [0.1, 0.15) is 5.58 Å². The van der Waals surface area contributed by atoms with Crippen molar-refractivity contribution in [1.82, 2.24) is 0 Å². The Kier molecular flexibility index (Phi) is 7.55. The minimum absolute atomic E-state index is 0.0570. The highest BCUT2D eigenvalue weighted by molar-refractivity contribution is 6.11. The monoisotopic (exact) mass is 729 g/mol. The van der Waals surface area contributed by atoms with Crippen LogP contribution in [0.1, 0.15) is 25.0 Å². The molecular formula is C55H39NO. The summed E-state index contributed by atoms with van der Waals surface area (Å²) in [5.41, 5.74) is 17.4. The lowest BCUT2D eigenvalue weighted by Crippen LogP contribution is -2.14. The highest BCUT2D eigenvalue weighted by atomic mass is 16.3. The summed E-state index contributed by atoms with van der Waals surface area (Å²) in [7, 11) is 0. The number of hydrogen-bond acceptors (Lipinski definition) is 2. The largest absolute Gasteiger partial charge is 0.454 e. The maximum atomic E-state index is 6.71. The topological polar surface area (TPSA) is 16.4 Å². The highest BCUT2D eigenvalue weighted by Gasteiger charge is 2.35. The molecule has 0 amide bonds. The summed E-state index contributed by atoms with van der Waals surface area (Å²) in [5, 5.41) is 4.70. The van der Waals surface area contributed by atoms with E-state index in [1.165, 1.54) is 55.3 Å². The van der Waals surface area contributed by atoms with E-state index in [0.29, 0.717) is 0 Å². The van der Waals surface area contributed by atoms with Gasteiger partial charge in [-0.1, -0.05) is 172 Å². The molecule has 0 spiro atoms. The van der Waals surface area contributed by atoms with Crippen molar-refractivity contribution < 1.29 is 4.42 Å². The zero-order valence-corrected chi connectivity index (χ0v) is 31.9. The van der Waals surface area contributed by atoms with E-state index in [0.717, 1.165) is 50.1 Å². The maximum absolute atomic E-state index is 6.71. The van der Waals surface area contributed by atoms with Crippen LogP contribution in [-0.2, 0) is 5.41 Å². The van der Waals surface area contributed by atoms with Gasteiger partial charge >= 0.3 is 0 Å². The van der Waals surface area contributed by atoms with Crippen LogP contribution in [0.3, 0.4) is 0 Å². The van der Waals surface area contributed by atoms with E-state index in [1.54, 1.807) is 0 Å². The Morgan fingerprint density at radius 1 is 0.386 bits per heavy atom. The number of para-hydroxylation sites is 3. The molecule has 270 valence electrons. The minimum Gasteiger partial charge on any atom is -0.454 e. The van der Waals surface area contributed by atoms with Crippen LogP contribution in [-0.4, -0.2) is 0 Å². The van der Waals surface area contributed by atoms with Gasteiger partial charge in [0.15, 0.2) is 5.58 Å². The quantitative estimate of drug-likeness (QED) is 0.169. The Labute approximate surface area is 332 Å². The molecule has 0 saturated carbocycles. The molecule has 0 unspecified atom stereocenters. The Balaban J connectivity index is 1.06. The Morgan fingerprint density at radius 2 is 0.982 bits per heavy atom. The Morgan fingerprint density at radius 3 is 1.86 bits per heavy atom. The number of benzene rings is 9.